The summed E-state index contributed by atoms with van der Waals surface area (Å²) in [6.07, 6.45) is -3.87. The molecule has 1 aliphatic heterocycles. The molecule has 1 atom stereocenters. The van der Waals surface area contributed by atoms with Gasteiger partial charge in [0.25, 0.3) is 5.91 Å². The van der Waals surface area contributed by atoms with Crippen molar-refractivity contribution in [1.82, 2.24) is 4.90 Å². The van der Waals surface area contributed by atoms with Crippen LogP contribution in [0.4, 0.5) is 18.9 Å². The minimum atomic E-state index is -4.27. The maximum atomic E-state index is 12.7. The van der Waals surface area contributed by atoms with Crippen molar-refractivity contribution in [1.29, 1.82) is 0 Å². The van der Waals surface area contributed by atoms with E-state index < -0.39 is 18.0 Å². The molecule has 0 radical (unpaired) electrons. The van der Waals surface area contributed by atoms with E-state index in [1.165, 1.54) is 23.1 Å². The Morgan fingerprint density at radius 2 is 2.05 bits per heavy atom. The number of amides is 1. The molecule has 1 fully saturated rings. The minimum absolute atomic E-state index is 0.0605. The van der Waals surface area contributed by atoms with Crippen LogP contribution in [0.1, 0.15) is 23.2 Å². The van der Waals surface area contributed by atoms with Gasteiger partial charge in [-0.1, -0.05) is 11.6 Å². The van der Waals surface area contributed by atoms with Gasteiger partial charge in [-0.2, -0.15) is 13.2 Å². The van der Waals surface area contributed by atoms with Gasteiger partial charge in [0.15, 0.2) is 0 Å². The molecular weight excluding hydrogens is 293 g/mol. The molecule has 1 heterocycles. The molecule has 20 heavy (non-hydrogen) atoms. The van der Waals surface area contributed by atoms with Crippen LogP contribution >= 0.6 is 11.6 Å². The normalized spacial score (nSPS) is 20.0. The maximum absolute atomic E-state index is 12.7. The number of rotatable bonds is 1. The highest BCUT2D eigenvalue weighted by Gasteiger charge is 2.42. The van der Waals surface area contributed by atoms with Crippen molar-refractivity contribution >= 4 is 23.2 Å². The number of piperidine rings is 1. The Bertz CT molecular complexity index is 499. The van der Waals surface area contributed by atoms with Gasteiger partial charge in [-0.25, -0.2) is 0 Å². The van der Waals surface area contributed by atoms with Crippen LogP contribution in [0, 0.1) is 5.92 Å². The smallest absolute Gasteiger partial charge is 0.393 e. The van der Waals surface area contributed by atoms with Crippen molar-refractivity contribution in [2.24, 2.45) is 5.92 Å². The SMILES string of the molecule is Nc1cc(Cl)cc(C(=O)N2CCCC(C(F)(F)F)C2)c1. The second-order valence-electron chi connectivity index (χ2n) is 4.91. The summed E-state index contributed by atoms with van der Waals surface area (Å²) < 4.78 is 38.2. The maximum Gasteiger partial charge on any atom is 0.393 e. The van der Waals surface area contributed by atoms with E-state index in [1.807, 2.05) is 0 Å². The molecule has 0 saturated carbocycles. The summed E-state index contributed by atoms with van der Waals surface area (Å²) in [5, 5.41) is 0.290. The number of carbonyl (C=O) groups excluding carboxylic acids is 1. The van der Waals surface area contributed by atoms with Crippen molar-refractivity contribution < 1.29 is 18.0 Å². The second kappa shape index (κ2) is 5.52. The molecule has 110 valence electrons. The number of hydrogen-bond acceptors (Lipinski definition) is 2. The largest absolute Gasteiger partial charge is 0.399 e. The molecule has 2 rings (SSSR count). The molecule has 0 aromatic heterocycles. The Labute approximate surface area is 119 Å². The molecule has 1 unspecified atom stereocenters. The predicted octanol–water partition coefficient (Wildman–Crippen LogP) is 3.34. The molecule has 3 nitrogen and oxygen atoms in total. The lowest BCUT2D eigenvalue weighted by molar-refractivity contribution is -0.184. The molecule has 2 N–H and O–H groups in total. The zero-order valence-electron chi connectivity index (χ0n) is 10.6. The van der Waals surface area contributed by atoms with Crippen molar-refractivity contribution in [2.75, 3.05) is 18.8 Å². The van der Waals surface area contributed by atoms with Gasteiger partial charge in [-0.05, 0) is 31.0 Å². The van der Waals surface area contributed by atoms with Gasteiger partial charge in [-0.15, -0.1) is 0 Å². The molecular formula is C13H14ClF3N2O. The van der Waals surface area contributed by atoms with E-state index in [2.05, 4.69) is 0 Å². The molecule has 0 spiro atoms. The van der Waals surface area contributed by atoms with E-state index in [0.29, 0.717) is 18.7 Å². The number of carbonyl (C=O) groups is 1. The third-order valence-corrected chi connectivity index (χ3v) is 3.56. The number of benzene rings is 1. The van der Waals surface area contributed by atoms with Crippen LogP contribution in [0.15, 0.2) is 18.2 Å². The Balaban J connectivity index is 2.16. The van der Waals surface area contributed by atoms with Crippen LogP contribution in [0.25, 0.3) is 0 Å². The summed E-state index contributed by atoms with van der Waals surface area (Å²) in [5.74, 6) is -1.93. The van der Waals surface area contributed by atoms with Gasteiger partial charge in [0.2, 0.25) is 0 Å². The Kier molecular flexibility index (Phi) is 4.13. The fourth-order valence-electron chi connectivity index (χ4n) is 2.35. The van der Waals surface area contributed by atoms with E-state index in [4.69, 9.17) is 17.3 Å². The number of anilines is 1. The van der Waals surface area contributed by atoms with Crippen molar-refractivity contribution in [3.63, 3.8) is 0 Å². The predicted molar refractivity (Wildman–Crippen MR) is 70.5 cm³/mol. The Morgan fingerprint density at radius 3 is 2.65 bits per heavy atom. The van der Waals surface area contributed by atoms with E-state index in [1.54, 1.807) is 0 Å². The first-order valence-corrected chi connectivity index (χ1v) is 6.57. The van der Waals surface area contributed by atoms with Gasteiger partial charge >= 0.3 is 6.18 Å². The minimum Gasteiger partial charge on any atom is -0.399 e. The van der Waals surface area contributed by atoms with Gasteiger partial charge in [0, 0.05) is 29.4 Å². The standard InChI is InChI=1S/C13H14ClF3N2O/c14-10-4-8(5-11(18)6-10)12(20)19-3-1-2-9(7-19)13(15,16)17/h4-6,9H,1-3,7,18H2. The number of nitrogens with two attached hydrogens (primary N) is 1. The van der Waals surface area contributed by atoms with Crippen molar-refractivity contribution in [3.8, 4) is 0 Å². The fourth-order valence-corrected chi connectivity index (χ4v) is 2.59. The van der Waals surface area contributed by atoms with Gasteiger partial charge in [0.1, 0.15) is 0 Å². The first-order valence-electron chi connectivity index (χ1n) is 6.19. The van der Waals surface area contributed by atoms with Crippen LogP contribution in [0.3, 0.4) is 0 Å². The molecule has 1 aromatic carbocycles. The molecule has 0 aliphatic carbocycles. The molecule has 1 aliphatic rings. The van der Waals surface area contributed by atoms with E-state index in [9.17, 15) is 18.0 Å². The average Bonchev–Trinajstić information content (AvgIpc) is 2.36. The van der Waals surface area contributed by atoms with Crippen LogP contribution in [-0.4, -0.2) is 30.1 Å². The van der Waals surface area contributed by atoms with Gasteiger partial charge in [0.05, 0.1) is 5.92 Å². The van der Waals surface area contributed by atoms with E-state index in [-0.39, 0.29) is 23.6 Å². The topological polar surface area (TPSA) is 46.3 Å². The molecule has 1 amide bonds. The summed E-state index contributed by atoms with van der Waals surface area (Å²) in [6.45, 7) is 0.00653. The highest BCUT2D eigenvalue weighted by Crippen LogP contribution is 2.33. The lowest BCUT2D eigenvalue weighted by Gasteiger charge is -2.33. The van der Waals surface area contributed by atoms with Crippen molar-refractivity contribution in [3.05, 3.63) is 28.8 Å². The summed E-state index contributed by atoms with van der Waals surface area (Å²) in [6, 6.07) is 4.32. The summed E-state index contributed by atoms with van der Waals surface area (Å²) in [5.41, 5.74) is 6.12. The third-order valence-electron chi connectivity index (χ3n) is 3.34. The summed E-state index contributed by atoms with van der Waals surface area (Å²) in [4.78, 5) is 13.4. The highest BCUT2D eigenvalue weighted by atomic mass is 35.5. The van der Waals surface area contributed by atoms with E-state index >= 15 is 0 Å². The quantitative estimate of drug-likeness (QED) is 0.809. The lowest BCUT2D eigenvalue weighted by atomic mass is 9.97. The van der Waals surface area contributed by atoms with Crippen LogP contribution in [0.5, 0.6) is 0 Å². The number of likely N-dealkylation sites (tertiary alicyclic amines) is 1. The zero-order chi connectivity index (χ0) is 14.9. The Hall–Kier alpha value is -1.43. The van der Waals surface area contributed by atoms with Gasteiger partial charge < -0.3 is 10.6 Å². The summed E-state index contributed by atoms with van der Waals surface area (Å²) in [7, 11) is 0. The number of alkyl halides is 3. The number of hydrogen-bond donors (Lipinski definition) is 1. The molecule has 0 bridgehead atoms. The first-order chi connectivity index (χ1) is 9.27. The number of halogens is 4. The Morgan fingerprint density at radius 1 is 1.35 bits per heavy atom. The third kappa shape index (κ3) is 3.36. The number of nitrogens with zero attached hydrogens (tertiary/aromatic N) is 1. The lowest BCUT2D eigenvalue weighted by Crippen LogP contribution is -2.44. The average molecular weight is 307 g/mol. The van der Waals surface area contributed by atoms with Crippen molar-refractivity contribution in [2.45, 2.75) is 19.0 Å². The molecule has 7 heteroatoms. The first kappa shape index (κ1) is 15.0. The van der Waals surface area contributed by atoms with E-state index in [0.717, 1.165) is 0 Å². The van der Waals surface area contributed by atoms with Gasteiger partial charge in [-0.3, -0.25) is 4.79 Å². The number of nitrogen functional groups attached to an aromatic ring is 1. The fraction of sp³-hybridized carbons (Fsp3) is 0.462. The molecule has 1 saturated heterocycles. The highest BCUT2D eigenvalue weighted by molar-refractivity contribution is 6.31. The van der Waals surface area contributed by atoms with Crippen LogP contribution < -0.4 is 5.73 Å². The zero-order valence-corrected chi connectivity index (χ0v) is 11.3. The van der Waals surface area contributed by atoms with Crippen LogP contribution in [0.2, 0.25) is 5.02 Å². The van der Waals surface area contributed by atoms with Crippen LogP contribution in [-0.2, 0) is 0 Å². The monoisotopic (exact) mass is 306 g/mol. The summed E-state index contributed by atoms with van der Waals surface area (Å²) >= 11 is 5.80. The molecule has 1 aromatic rings. The second-order valence-corrected chi connectivity index (χ2v) is 5.34.